The van der Waals surface area contributed by atoms with E-state index in [2.05, 4.69) is 5.32 Å². The number of nitrogen functional groups attached to an aromatic ring is 1. The van der Waals surface area contributed by atoms with Crippen LogP contribution >= 0.6 is 0 Å². The van der Waals surface area contributed by atoms with Gasteiger partial charge in [-0.2, -0.15) is 0 Å². The predicted octanol–water partition coefficient (Wildman–Crippen LogP) is 1.87. The van der Waals surface area contributed by atoms with Gasteiger partial charge in [0, 0.05) is 32.4 Å². The van der Waals surface area contributed by atoms with E-state index in [4.69, 9.17) is 10.5 Å². The number of amides is 1. The van der Waals surface area contributed by atoms with E-state index in [9.17, 15) is 4.79 Å². The molecule has 0 saturated heterocycles. The van der Waals surface area contributed by atoms with Crippen LogP contribution in [0.25, 0.3) is 0 Å². The third-order valence-electron chi connectivity index (χ3n) is 2.95. The molecule has 1 aromatic carbocycles. The van der Waals surface area contributed by atoms with E-state index >= 15 is 0 Å². The van der Waals surface area contributed by atoms with Gasteiger partial charge in [-0.05, 0) is 30.0 Å². The number of benzene rings is 1. The standard InChI is InChI=1S/C14H22N2O2/c1-10(9-18-3)7-14(17)16-8-12-5-4-6-13(15)11(12)2/h4-6,10H,7-9,15H2,1-3H3,(H,16,17). The van der Waals surface area contributed by atoms with Crippen LogP contribution < -0.4 is 11.1 Å². The van der Waals surface area contributed by atoms with Gasteiger partial charge in [0.1, 0.15) is 0 Å². The van der Waals surface area contributed by atoms with Crippen molar-refractivity contribution in [2.24, 2.45) is 5.92 Å². The number of anilines is 1. The van der Waals surface area contributed by atoms with Crippen LogP contribution in [0.3, 0.4) is 0 Å². The molecule has 0 aliphatic carbocycles. The van der Waals surface area contributed by atoms with Gasteiger partial charge in [-0.1, -0.05) is 19.1 Å². The SMILES string of the molecule is COCC(C)CC(=O)NCc1cccc(N)c1C. The summed E-state index contributed by atoms with van der Waals surface area (Å²) in [6.07, 6.45) is 0.481. The zero-order valence-corrected chi connectivity index (χ0v) is 11.3. The number of carbonyl (C=O) groups excluding carboxylic acids is 1. The Labute approximate surface area is 109 Å². The molecule has 100 valence electrons. The van der Waals surface area contributed by atoms with Crippen molar-refractivity contribution in [1.29, 1.82) is 0 Å². The number of rotatable bonds is 6. The Hall–Kier alpha value is -1.55. The summed E-state index contributed by atoms with van der Waals surface area (Å²) in [4.78, 5) is 11.7. The van der Waals surface area contributed by atoms with E-state index in [0.717, 1.165) is 16.8 Å². The summed E-state index contributed by atoms with van der Waals surface area (Å²) in [5.41, 5.74) is 8.67. The lowest BCUT2D eigenvalue weighted by atomic mass is 10.1. The average molecular weight is 250 g/mol. The Morgan fingerprint density at radius 1 is 1.50 bits per heavy atom. The molecule has 0 aromatic heterocycles. The summed E-state index contributed by atoms with van der Waals surface area (Å²) in [6.45, 7) is 5.08. The van der Waals surface area contributed by atoms with E-state index in [1.165, 1.54) is 0 Å². The van der Waals surface area contributed by atoms with Gasteiger partial charge in [-0.3, -0.25) is 4.79 Å². The van der Waals surface area contributed by atoms with Crippen LogP contribution in [0, 0.1) is 12.8 Å². The Balaban J connectivity index is 2.45. The number of nitrogens with two attached hydrogens (primary N) is 1. The highest BCUT2D eigenvalue weighted by Crippen LogP contribution is 2.15. The van der Waals surface area contributed by atoms with Crippen molar-refractivity contribution in [3.63, 3.8) is 0 Å². The average Bonchev–Trinajstić information content (AvgIpc) is 2.31. The van der Waals surface area contributed by atoms with Crippen LogP contribution in [0.15, 0.2) is 18.2 Å². The molecule has 1 atom stereocenters. The topological polar surface area (TPSA) is 64.3 Å². The molecule has 0 bridgehead atoms. The van der Waals surface area contributed by atoms with Gasteiger partial charge >= 0.3 is 0 Å². The lowest BCUT2D eigenvalue weighted by Gasteiger charge is -2.12. The van der Waals surface area contributed by atoms with Gasteiger partial charge in [0.2, 0.25) is 5.91 Å². The molecule has 18 heavy (non-hydrogen) atoms. The van der Waals surface area contributed by atoms with Crippen molar-refractivity contribution in [3.05, 3.63) is 29.3 Å². The lowest BCUT2D eigenvalue weighted by molar-refractivity contribution is -0.122. The highest BCUT2D eigenvalue weighted by atomic mass is 16.5. The fraction of sp³-hybridized carbons (Fsp3) is 0.500. The fourth-order valence-electron chi connectivity index (χ4n) is 1.82. The normalized spacial score (nSPS) is 12.2. The van der Waals surface area contributed by atoms with Gasteiger partial charge in [0.25, 0.3) is 0 Å². The minimum Gasteiger partial charge on any atom is -0.399 e. The molecule has 4 nitrogen and oxygen atoms in total. The summed E-state index contributed by atoms with van der Waals surface area (Å²) in [7, 11) is 1.64. The number of hydrogen-bond donors (Lipinski definition) is 2. The molecule has 1 amide bonds. The van der Waals surface area contributed by atoms with Crippen LogP contribution in [0.2, 0.25) is 0 Å². The first-order chi connectivity index (χ1) is 8.54. The molecule has 1 rings (SSSR count). The molecule has 0 saturated carbocycles. The number of hydrogen-bond acceptors (Lipinski definition) is 3. The molecule has 0 radical (unpaired) electrons. The molecular formula is C14H22N2O2. The maximum atomic E-state index is 11.7. The van der Waals surface area contributed by atoms with Crippen molar-refractivity contribution < 1.29 is 9.53 Å². The Morgan fingerprint density at radius 2 is 2.22 bits per heavy atom. The largest absolute Gasteiger partial charge is 0.399 e. The number of ether oxygens (including phenoxy) is 1. The highest BCUT2D eigenvalue weighted by Gasteiger charge is 2.09. The minimum atomic E-state index is 0.0429. The van der Waals surface area contributed by atoms with Crippen molar-refractivity contribution in [3.8, 4) is 0 Å². The van der Waals surface area contributed by atoms with Crippen molar-refractivity contribution in [2.45, 2.75) is 26.8 Å². The summed E-state index contributed by atoms with van der Waals surface area (Å²) in [5, 5.41) is 2.91. The van der Waals surface area contributed by atoms with E-state index in [1.54, 1.807) is 7.11 Å². The third-order valence-corrected chi connectivity index (χ3v) is 2.95. The number of carbonyl (C=O) groups is 1. The van der Waals surface area contributed by atoms with Crippen LogP contribution in [0.4, 0.5) is 5.69 Å². The van der Waals surface area contributed by atoms with E-state index in [1.807, 2.05) is 32.0 Å². The molecule has 0 spiro atoms. The molecule has 1 unspecified atom stereocenters. The van der Waals surface area contributed by atoms with Crippen molar-refractivity contribution in [1.82, 2.24) is 5.32 Å². The summed E-state index contributed by atoms with van der Waals surface area (Å²) < 4.78 is 5.01. The first-order valence-electron chi connectivity index (χ1n) is 6.14. The van der Waals surface area contributed by atoms with Crippen LogP contribution in [0.5, 0.6) is 0 Å². The first-order valence-corrected chi connectivity index (χ1v) is 6.14. The van der Waals surface area contributed by atoms with E-state index in [0.29, 0.717) is 19.6 Å². The second-order valence-electron chi connectivity index (χ2n) is 4.67. The van der Waals surface area contributed by atoms with Crippen LogP contribution in [-0.2, 0) is 16.1 Å². The maximum absolute atomic E-state index is 11.7. The number of nitrogens with one attached hydrogen (secondary N) is 1. The first kappa shape index (κ1) is 14.5. The maximum Gasteiger partial charge on any atom is 0.220 e. The molecule has 0 aliphatic rings. The number of methoxy groups -OCH3 is 1. The third kappa shape index (κ3) is 4.37. The zero-order chi connectivity index (χ0) is 13.5. The van der Waals surface area contributed by atoms with E-state index < -0.39 is 0 Å². The quantitative estimate of drug-likeness (QED) is 0.757. The van der Waals surface area contributed by atoms with Gasteiger partial charge in [0.05, 0.1) is 0 Å². The fourth-order valence-corrected chi connectivity index (χ4v) is 1.82. The molecular weight excluding hydrogens is 228 g/mol. The summed E-state index contributed by atoms with van der Waals surface area (Å²) in [5.74, 6) is 0.276. The smallest absolute Gasteiger partial charge is 0.220 e. The second kappa shape index (κ2) is 7.01. The predicted molar refractivity (Wildman–Crippen MR) is 73.1 cm³/mol. The molecule has 3 N–H and O–H groups in total. The minimum absolute atomic E-state index is 0.0429. The monoisotopic (exact) mass is 250 g/mol. The Kier molecular flexibility index (Phi) is 5.65. The Bertz CT molecular complexity index is 405. The van der Waals surface area contributed by atoms with E-state index in [-0.39, 0.29) is 11.8 Å². The molecule has 1 aromatic rings. The van der Waals surface area contributed by atoms with Gasteiger partial charge in [-0.25, -0.2) is 0 Å². The van der Waals surface area contributed by atoms with Crippen molar-refractivity contribution >= 4 is 11.6 Å². The van der Waals surface area contributed by atoms with Gasteiger partial charge in [0.15, 0.2) is 0 Å². The van der Waals surface area contributed by atoms with Crippen molar-refractivity contribution in [2.75, 3.05) is 19.5 Å². The molecule has 4 heteroatoms. The van der Waals surface area contributed by atoms with Crippen LogP contribution in [-0.4, -0.2) is 19.6 Å². The molecule has 0 aliphatic heterocycles. The van der Waals surface area contributed by atoms with Gasteiger partial charge < -0.3 is 15.8 Å². The molecule has 0 fully saturated rings. The zero-order valence-electron chi connectivity index (χ0n) is 11.3. The summed E-state index contributed by atoms with van der Waals surface area (Å²) >= 11 is 0. The second-order valence-corrected chi connectivity index (χ2v) is 4.67. The Morgan fingerprint density at radius 3 is 2.89 bits per heavy atom. The lowest BCUT2D eigenvalue weighted by Crippen LogP contribution is -2.26. The van der Waals surface area contributed by atoms with Gasteiger partial charge in [-0.15, -0.1) is 0 Å². The van der Waals surface area contributed by atoms with Crippen LogP contribution in [0.1, 0.15) is 24.5 Å². The highest BCUT2D eigenvalue weighted by molar-refractivity contribution is 5.76. The molecule has 0 heterocycles. The summed E-state index contributed by atoms with van der Waals surface area (Å²) in [6, 6.07) is 5.74.